The van der Waals surface area contributed by atoms with Crippen molar-refractivity contribution >= 4 is 23.3 Å². The van der Waals surface area contributed by atoms with Gasteiger partial charge in [-0.3, -0.25) is 4.79 Å². The van der Waals surface area contributed by atoms with Gasteiger partial charge in [-0.15, -0.1) is 0 Å². The van der Waals surface area contributed by atoms with Crippen LogP contribution >= 0.6 is 0 Å². The van der Waals surface area contributed by atoms with Gasteiger partial charge >= 0.3 is 6.03 Å². The zero-order chi connectivity index (χ0) is 20.3. The van der Waals surface area contributed by atoms with Crippen LogP contribution in [0.1, 0.15) is 17.5 Å². The largest absolute Gasteiger partial charge is 0.493 e. The standard InChI is InChI=1S/C21H25N3O4/c1-13-6-5-7-17(14(13)2)23-21(26)22-15-10-20(25)24(12-15)16-8-9-18(27-3)19(11-16)28-4/h5-9,11,15H,10,12H2,1-4H3,(H2,22,23,26)/t15-/m0/s1. The van der Waals surface area contributed by atoms with Gasteiger partial charge in [0, 0.05) is 30.4 Å². The Morgan fingerprint density at radius 1 is 1.11 bits per heavy atom. The van der Waals surface area contributed by atoms with Gasteiger partial charge in [0.1, 0.15) is 0 Å². The quantitative estimate of drug-likeness (QED) is 0.831. The SMILES string of the molecule is COc1ccc(N2C[C@@H](NC(=O)Nc3cccc(C)c3C)CC2=O)cc1OC. The van der Waals surface area contributed by atoms with Gasteiger partial charge in [-0.2, -0.15) is 0 Å². The molecule has 7 heteroatoms. The highest BCUT2D eigenvalue weighted by Crippen LogP contribution is 2.33. The molecule has 28 heavy (non-hydrogen) atoms. The Morgan fingerprint density at radius 2 is 1.86 bits per heavy atom. The Kier molecular flexibility index (Phi) is 5.73. The van der Waals surface area contributed by atoms with Crippen LogP contribution in [0.4, 0.5) is 16.2 Å². The van der Waals surface area contributed by atoms with Gasteiger partial charge in [0.25, 0.3) is 0 Å². The van der Waals surface area contributed by atoms with Crippen molar-refractivity contribution in [2.75, 3.05) is 31.0 Å². The summed E-state index contributed by atoms with van der Waals surface area (Å²) < 4.78 is 10.5. The molecule has 3 amide bonds. The third kappa shape index (κ3) is 4.03. The minimum absolute atomic E-state index is 0.0516. The third-order valence-electron chi connectivity index (χ3n) is 4.99. The van der Waals surface area contributed by atoms with E-state index in [0.29, 0.717) is 23.7 Å². The van der Waals surface area contributed by atoms with Crippen LogP contribution in [0.5, 0.6) is 11.5 Å². The van der Waals surface area contributed by atoms with Crippen molar-refractivity contribution in [3.05, 3.63) is 47.5 Å². The molecule has 0 spiro atoms. The highest BCUT2D eigenvalue weighted by atomic mass is 16.5. The number of anilines is 2. The third-order valence-corrected chi connectivity index (χ3v) is 4.99. The molecule has 148 valence electrons. The van der Waals surface area contributed by atoms with E-state index in [1.54, 1.807) is 37.3 Å². The summed E-state index contributed by atoms with van der Waals surface area (Å²) in [7, 11) is 3.11. The molecule has 0 unspecified atom stereocenters. The topological polar surface area (TPSA) is 79.9 Å². The minimum atomic E-state index is -0.319. The Morgan fingerprint density at radius 3 is 2.57 bits per heavy atom. The van der Waals surface area contributed by atoms with Crippen LogP contribution in [0.2, 0.25) is 0 Å². The van der Waals surface area contributed by atoms with Crippen LogP contribution < -0.4 is 25.0 Å². The average Bonchev–Trinajstić information content (AvgIpc) is 3.04. The zero-order valence-corrected chi connectivity index (χ0v) is 16.5. The monoisotopic (exact) mass is 383 g/mol. The van der Waals surface area contributed by atoms with E-state index in [4.69, 9.17) is 9.47 Å². The highest BCUT2D eigenvalue weighted by molar-refractivity contribution is 5.98. The van der Waals surface area contributed by atoms with Gasteiger partial charge in [0.05, 0.1) is 20.3 Å². The predicted molar refractivity (Wildman–Crippen MR) is 108 cm³/mol. The molecular weight excluding hydrogens is 358 g/mol. The molecule has 7 nitrogen and oxygen atoms in total. The zero-order valence-electron chi connectivity index (χ0n) is 16.5. The summed E-state index contributed by atoms with van der Waals surface area (Å²) in [5, 5.41) is 5.75. The number of amides is 3. The number of ether oxygens (including phenoxy) is 2. The first-order valence-electron chi connectivity index (χ1n) is 9.09. The van der Waals surface area contributed by atoms with Crippen LogP contribution in [-0.4, -0.2) is 38.7 Å². The number of aryl methyl sites for hydroxylation is 1. The van der Waals surface area contributed by atoms with Crippen molar-refractivity contribution in [1.29, 1.82) is 0 Å². The molecule has 1 aliphatic heterocycles. The van der Waals surface area contributed by atoms with Gasteiger partial charge in [-0.05, 0) is 43.2 Å². The lowest BCUT2D eigenvalue weighted by Gasteiger charge is -2.19. The van der Waals surface area contributed by atoms with E-state index in [1.165, 1.54) is 0 Å². The number of methoxy groups -OCH3 is 2. The number of benzene rings is 2. The molecular formula is C21H25N3O4. The molecule has 0 bridgehead atoms. The van der Waals surface area contributed by atoms with E-state index >= 15 is 0 Å². The lowest BCUT2D eigenvalue weighted by Crippen LogP contribution is -2.39. The molecule has 0 radical (unpaired) electrons. The summed E-state index contributed by atoms with van der Waals surface area (Å²) in [6.07, 6.45) is 0.245. The van der Waals surface area contributed by atoms with E-state index < -0.39 is 0 Å². The van der Waals surface area contributed by atoms with Crippen molar-refractivity contribution in [2.24, 2.45) is 0 Å². The number of hydrogen-bond donors (Lipinski definition) is 2. The van der Waals surface area contributed by atoms with E-state index in [-0.39, 0.29) is 24.4 Å². The van der Waals surface area contributed by atoms with Crippen LogP contribution in [0.3, 0.4) is 0 Å². The second kappa shape index (κ2) is 8.21. The fraction of sp³-hybridized carbons (Fsp3) is 0.333. The first-order chi connectivity index (χ1) is 13.4. The summed E-state index contributed by atoms with van der Waals surface area (Å²) in [4.78, 5) is 26.5. The summed E-state index contributed by atoms with van der Waals surface area (Å²) in [5.74, 6) is 1.10. The number of nitrogens with zero attached hydrogens (tertiary/aromatic N) is 1. The molecule has 2 aromatic rings. The minimum Gasteiger partial charge on any atom is -0.493 e. The van der Waals surface area contributed by atoms with Gasteiger partial charge in [-0.25, -0.2) is 4.79 Å². The maximum atomic E-state index is 12.5. The van der Waals surface area contributed by atoms with Crippen molar-refractivity contribution in [2.45, 2.75) is 26.3 Å². The molecule has 3 rings (SSSR count). The summed E-state index contributed by atoms with van der Waals surface area (Å²) in [6.45, 7) is 4.35. The Bertz CT molecular complexity index is 897. The van der Waals surface area contributed by atoms with E-state index in [9.17, 15) is 9.59 Å². The molecule has 2 aromatic carbocycles. The van der Waals surface area contributed by atoms with Gasteiger partial charge in [-0.1, -0.05) is 12.1 Å². The number of hydrogen-bond acceptors (Lipinski definition) is 4. The maximum Gasteiger partial charge on any atom is 0.319 e. The molecule has 0 saturated carbocycles. The number of nitrogens with one attached hydrogen (secondary N) is 2. The second-order valence-corrected chi connectivity index (χ2v) is 6.79. The lowest BCUT2D eigenvalue weighted by molar-refractivity contribution is -0.117. The lowest BCUT2D eigenvalue weighted by atomic mass is 10.1. The van der Waals surface area contributed by atoms with Crippen molar-refractivity contribution in [3.63, 3.8) is 0 Å². The first kappa shape index (κ1) is 19.5. The Hall–Kier alpha value is -3.22. The van der Waals surface area contributed by atoms with Crippen LogP contribution in [-0.2, 0) is 4.79 Å². The first-order valence-corrected chi connectivity index (χ1v) is 9.09. The summed E-state index contributed by atoms with van der Waals surface area (Å²) in [6, 6.07) is 10.5. The summed E-state index contributed by atoms with van der Waals surface area (Å²) in [5.41, 5.74) is 3.60. The highest BCUT2D eigenvalue weighted by Gasteiger charge is 2.32. The van der Waals surface area contributed by atoms with Gasteiger partial charge in [0.15, 0.2) is 11.5 Å². The van der Waals surface area contributed by atoms with E-state index in [1.807, 2.05) is 32.0 Å². The average molecular weight is 383 g/mol. The van der Waals surface area contributed by atoms with Gasteiger partial charge < -0.3 is 25.0 Å². The fourth-order valence-corrected chi connectivity index (χ4v) is 3.28. The van der Waals surface area contributed by atoms with Crippen molar-refractivity contribution < 1.29 is 19.1 Å². The Balaban J connectivity index is 1.66. The normalized spacial score (nSPS) is 16.1. The van der Waals surface area contributed by atoms with Crippen molar-refractivity contribution in [1.82, 2.24) is 5.32 Å². The Labute approximate surface area is 164 Å². The molecule has 1 aliphatic rings. The van der Waals surface area contributed by atoms with Crippen LogP contribution in [0.25, 0.3) is 0 Å². The number of carbonyl (C=O) groups is 2. The molecule has 0 aromatic heterocycles. The summed E-state index contributed by atoms with van der Waals surface area (Å²) >= 11 is 0. The maximum absolute atomic E-state index is 12.5. The smallest absolute Gasteiger partial charge is 0.319 e. The molecule has 1 atom stereocenters. The molecule has 2 N–H and O–H groups in total. The second-order valence-electron chi connectivity index (χ2n) is 6.79. The van der Waals surface area contributed by atoms with Crippen LogP contribution in [0.15, 0.2) is 36.4 Å². The van der Waals surface area contributed by atoms with Crippen LogP contribution in [0, 0.1) is 13.8 Å². The molecule has 0 aliphatic carbocycles. The van der Waals surface area contributed by atoms with Gasteiger partial charge in [0.2, 0.25) is 5.91 Å². The van der Waals surface area contributed by atoms with E-state index in [0.717, 1.165) is 16.8 Å². The predicted octanol–water partition coefficient (Wildman–Crippen LogP) is 3.25. The molecule has 1 saturated heterocycles. The fourth-order valence-electron chi connectivity index (χ4n) is 3.28. The number of carbonyl (C=O) groups excluding carboxylic acids is 2. The molecule has 1 heterocycles. The number of urea groups is 1. The van der Waals surface area contributed by atoms with E-state index in [2.05, 4.69) is 10.6 Å². The number of rotatable bonds is 5. The van der Waals surface area contributed by atoms with Crippen molar-refractivity contribution in [3.8, 4) is 11.5 Å². The molecule has 1 fully saturated rings.